The van der Waals surface area contributed by atoms with E-state index in [9.17, 15) is 0 Å². The molecule has 0 spiro atoms. The molecule has 3 nitrogen and oxygen atoms in total. The third kappa shape index (κ3) is 4.00. The molecule has 1 heterocycles. The van der Waals surface area contributed by atoms with Crippen molar-refractivity contribution in [2.24, 2.45) is 0 Å². The first-order valence-electron chi connectivity index (χ1n) is 7.05. The molecule has 1 aromatic carbocycles. The van der Waals surface area contributed by atoms with Crippen LogP contribution >= 0.6 is 0 Å². The molecule has 100 valence electrons. The van der Waals surface area contributed by atoms with E-state index in [2.05, 4.69) is 23.2 Å². The molecule has 1 unspecified atom stereocenters. The summed E-state index contributed by atoms with van der Waals surface area (Å²) in [6, 6.07) is 8.60. The number of nitrogens with zero attached hydrogens (tertiary/aromatic N) is 1. The number of piperidine rings is 1. The van der Waals surface area contributed by atoms with Gasteiger partial charge in [-0.3, -0.25) is 0 Å². The second-order valence-electron chi connectivity index (χ2n) is 5.34. The number of benzene rings is 1. The lowest BCUT2D eigenvalue weighted by Crippen LogP contribution is -2.41. The minimum absolute atomic E-state index is 0.516. The van der Waals surface area contributed by atoms with Gasteiger partial charge in [0.2, 0.25) is 0 Å². The summed E-state index contributed by atoms with van der Waals surface area (Å²) in [5.41, 5.74) is 8.02. The maximum Gasteiger partial charge on any atom is 0.0359 e. The second-order valence-corrected chi connectivity index (χ2v) is 5.34. The molecule has 3 N–H and O–H groups in total. The van der Waals surface area contributed by atoms with Crippen LogP contribution in [-0.4, -0.2) is 30.6 Å². The Labute approximate surface area is 110 Å². The monoisotopic (exact) mass is 247 g/mol. The van der Waals surface area contributed by atoms with Gasteiger partial charge in [-0.1, -0.05) is 24.6 Å². The standard InChI is InChI=1S/C15H25N3/c1-13(12-18-9-5-2-6-10-18)17-11-14-7-3-4-8-15(14)16/h3-4,7-8,13,17H,2,5-6,9-12,16H2,1H3. The van der Waals surface area contributed by atoms with Crippen LogP contribution in [0.4, 0.5) is 5.69 Å². The van der Waals surface area contributed by atoms with Crippen molar-refractivity contribution in [2.75, 3.05) is 25.4 Å². The van der Waals surface area contributed by atoms with Crippen LogP contribution in [0.1, 0.15) is 31.7 Å². The largest absolute Gasteiger partial charge is 0.398 e. The summed E-state index contributed by atoms with van der Waals surface area (Å²) in [4.78, 5) is 2.56. The van der Waals surface area contributed by atoms with Gasteiger partial charge in [0.15, 0.2) is 0 Å². The van der Waals surface area contributed by atoms with E-state index in [4.69, 9.17) is 5.73 Å². The van der Waals surface area contributed by atoms with Crippen LogP contribution in [-0.2, 0) is 6.54 Å². The second kappa shape index (κ2) is 6.76. The van der Waals surface area contributed by atoms with Gasteiger partial charge in [0.25, 0.3) is 0 Å². The van der Waals surface area contributed by atoms with E-state index >= 15 is 0 Å². The fourth-order valence-electron chi connectivity index (χ4n) is 2.57. The molecule has 0 amide bonds. The Kier molecular flexibility index (Phi) is 5.02. The molecular formula is C15H25N3. The Morgan fingerprint density at radius 3 is 2.67 bits per heavy atom. The molecule has 1 atom stereocenters. The van der Waals surface area contributed by atoms with Crippen LogP contribution in [0.25, 0.3) is 0 Å². The van der Waals surface area contributed by atoms with Gasteiger partial charge < -0.3 is 16.0 Å². The highest BCUT2D eigenvalue weighted by atomic mass is 15.1. The zero-order valence-corrected chi connectivity index (χ0v) is 11.4. The lowest BCUT2D eigenvalue weighted by Gasteiger charge is -2.29. The topological polar surface area (TPSA) is 41.3 Å². The maximum absolute atomic E-state index is 5.94. The number of hydrogen-bond acceptors (Lipinski definition) is 3. The molecular weight excluding hydrogens is 222 g/mol. The van der Waals surface area contributed by atoms with Crippen LogP contribution < -0.4 is 11.1 Å². The number of anilines is 1. The minimum atomic E-state index is 0.516. The lowest BCUT2D eigenvalue weighted by molar-refractivity contribution is 0.209. The molecule has 1 aliphatic rings. The third-order valence-corrected chi connectivity index (χ3v) is 3.68. The normalized spacial score (nSPS) is 18.7. The first-order chi connectivity index (χ1) is 8.75. The van der Waals surface area contributed by atoms with Crippen LogP contribution in [0.2, 0.25) is 0 Å². The van der Waals surface area contributed by atoms with Crippen LogP contribution in [0.5, 0.6) is 0 Å². The van der Waals surface area contributed by atoms with Crippen molar-refractivity contribution in [2.45, 2.75) is 38.8 Å². The number of nitrogen functional groups attached to an aromatic ring is 1. The van der Waals surface area contributed by atoms with Gasteiger partial charge >= 0.3 is 0 Å². The Hall–Kier alpha value is -1.06. The van der Waals surface area contributed by atoms with Crippen molar-refractivity contribution in [1.82, 2.24) is 10.2 Å². The summed E-state index contributed by atoms with van der Waals surface area (Å²) in [7, 11) is 0. The summed E-state index contributed by atoms with van der Waals surface area (Å²) < 4.78 is 0. The molecule has 1 fully saturated rings. The SMILES string of the molecule is CC(CN1CCCCC1)NCc1ccccc1N. The number of nitrogens with two attached hydrogens (primary N) is 1. The minimum Gasteiger partial charge on any atom is -0.398 e. The third-order valence-electron chi connectivity index (χ3n) is 3.68. The van der Waals surface area contributed by atoms with Crippen LogP contribution in [0, 0.1) is 0 Å². The Bertz CT molecular complexity index is 359. The molecule has 3 heteroatoms. The molecule has 0 aromatic heterocycles. The molecule has 1 aromatic rings. The predicted molar refractivity (Wildman–Crippen MR) is 77.4 cm³/mol. The zero-order valence-electron chi connectivity index (χ0n) is 11.4. The number of hydrogen-bond donors (Lipinski definition) is 2. The summed E-state index contributed by atoms with van der Waals surface area (Å²) in [6.45, 7) is 6.79. The Morgan fingerprint density at radius 2 is 1.94 bits per heavy atom. The summed E-state index contributed by atoms with van der Waals surface area (Å²) in [6.07, 6.45) is 4.12. The molecule has 18 heavy (non-hydrogen) atoms. The number of likely N-dealkylation sites (tertiary alicyclic amines) is 1. The zero-order chi connectivity index (χ0) is 12.8. The van der Waals surface area contributed by atoms with E-state index < -0.39 is 0 Å². The highest BCUT2D eigenvalue weighted by molar-refractivity contribution is 5.46. The molecule has 0 saturated carbocycles. The fourth-order valence-corrected chi connectivity index (χ4v) is 2.57. The average Bonchev–Trinajstić information content (AvgIpc) is 2.39. The highest BCUT2D eigenvalue weighted by Crippen LogP contribution is 2.11. The smallest absolute Gasteiger partial charge is 0.0359 e. The molecule has 0 aliphatic carbocycles. The van der Waals surface area contributed by atoms with Gasteiger partial charge in [-0.2, -0.15) is 0 Å². The van der Waals surface area contributed by atoms with Crippen molar-refractivity contribution in [3.05, 3.63) is 29.8 Å². The highest BCUT2D eigenvalue weighted by Gasteiger charge is 2.13. The Balaban J connectivity index is 1.74. The van der Waals surface area contributed by atoms with Gasteiger partial charge in [0.05, 0.1) is 0 Å². The van der Waals surface area contributed by atoms with Gasteiger partial charge in [0, 0.05) is 24.8 Å². The number of para-hydroxylation sites is 1. The Morgan fingerprint density at radius 1 is 1.22 bits per heavy atom. The van der Waals surface area contributed by atoms with Crippen molar-refractivity contribution in [3.63, 3.8) is 0 Å². The summed E-state index contributed by atoms with van der Waals surface area (Å²) in [5, 5.41) is 3.57. The lowest BCUT2D eigenvalue weighted by atomic mass is 10.1. The maximum atomic E-state index is 5.94. The van der Waals surface area contributed by atoms with Crippen molar-refractivity contribution in [1.29, 1.82) is 0 Å². The van der Waals surface area contributed by atoms with Gasteiger partial charge in [0.1, 0.15) is 0 Å². The fraction of sp³-hybridized carbons (Fsp3) is 0.600. The van der Waals surface area contributed by atoms with E-state index in [-0.39, 0.29) is 0 Å². The molecule has 1 saturated heterocycles. The molecule has 1 aliphatic heterocycles. The first kappa shape index (κ1) is 13.4. The number of nitrogens with one attached hydrogen (secondary N) is 1. The molecule has 0 radical (unpaired) electrons. The van der Waals surface area contributed by atoms with Crippen LogP contribution in [0.3, 0.4) is 0 Å². The quantitative estimate of drug-likeness (QED) is 0.784. The van der Waals surface area contributed by atoms with Crippen molar-refractivity contribution >= 4 is 5.69 Å². The molecule has 2 rings (SSSR count). The van der Waals surface area contributed by atoms with E-state index in [1.54, 1.807) is 0 Å². The van der Waals surface area contributed by atoms with Gasteiger partial charge in [-0.05, 0) is 44.5 Å². The van der Waals surface area contributed by atoms with Gasteiger partial charge in [-0.15, -0.1) is 0 Å². The summed E-state index contributed by atoms with van der Waals surface area (Å²) >= 11 is 0. The van der Waals surface area contributed by atoms with Crippen LogP contribution in [0.15, 0.2) is 24.3 Å². The molecule has 0 bridgehead atoms. The average molecular weight is 247 g/mol. The van der Waals surface area contributed by atoms with Crippen molar-refractivity contribution in [3.8, 4) is 0 Å². The van der Waals surface area contributed by atoms with Gasteiger partial charge in [-0.25, -0.2) is 0 Å². The van der Waals surface area contributed by atoms with E-state index in [1.165, 1.54) is 37.9 Å². The predicted octanol–water partition coefficient (Wildman–Crippen LogP) is 2.23. The van der Waals surface area contributed by atoms with E-state index in [0.29, 0.717) is 6.04 Å². The van der Waals surface area contributed by atoms with E-state index in [0.717, 1.165) is 18.8 Å². The first-order valence-corrected chi connectivity index (χ1v) is 7.05. The van der Waals surface area contributed by atoms with Crippen molar-refractivity contribution < 1.29 is 0 Å². The van der Waals surface area contributed by atoms with E-state index in [1.807, 2.05) is 18.2 Å². The summed E-state index contributed by atoms with van der Waals surface area (Å²) in [5.74, 6) is 0. The number of rotatable bonds is 5.